The summed E-state index contributed by atoms with van der Waals surface area (Å²) in [7, 11) is 0. The van der Waals surface area contributed by atoms with E-state index in [1.54, 1.807) is 48.9 Å². The van der Waals surface area contributed by atoms with Gasteiger partial charge in [-0.1, -0.05) is 18.2 Å². The zero-order valence-electron chi connectivity index (χ0n) is 14.3. The molecule has 0 amide bonds. The average molecular weight is 353 g/mol. The largest absolute Gasteiger partial charge is 0.466 e. The first kappa shape index (κ1) is 17.3. The molecule has 0 saturated carbocycles. The Balaban J connectivity index is 1.97. The van der Waals surface area contributed by atoms with E-state index in [9.17, 15) is 9.59 Å². The number of nitrogens with zero attached hydrogens (tertiary/aromatic N) is 3. The Morgan fingerprint density at radius 2 is 1.96 bits per heavy atom. The van der Waals surface area contributed by atoms with Gasteiger partial charge in [0.1, 0.15) is 0 Å². The van der Waals surface area contributed by atoms with Crippen molar-refractivity contribution in [2.24, 2.45) is 5.10 Å². The van der Waals surface area contributed by atoms with Crippen LogP contribution in [0.25, 0.3) is 5.69 Å². The van der Waals surface area contributed by atoms with Crippen LogP contribution in [0.15, 0.2) is 65.0 Å². The summed E-state index contributed by atoms with van der Waals surface area (Å²) in [6.07, 6.45) is 8.20. The standard InChI is InChI=1S/C18H19N5O3/c1-2-26-17(24)12-16-15(13-20-22-10-8-19-9-11-22)18(25)23(21-16)14-6-4-3-5-7-14/h3-11,13,19,21H,2,12H2,1H3/b20-13+. The molecule has 0 atom stereocenters. The molecule has 0 unspecified atom stereocenters. The number of hydrazone groups is 1. The average Bonchev–Trinajstić information content (AvgIpc) is 2.97. The molecule has 0 spiro atoms. The molecule has 2 heterocycles. The predicted octanol–water partition coefficient (Wildman–Crippen LogP) is 1.45. The molecule has 1 aromatic carbocycles. The van der Waals surface area contributed by atoms with E-state index >= 15 is 0 Å². The first-order chi connectivity index (χ1) is 12.7. The number of benzene rings is 1. The lowest BCUT2D eigenvalue weighted by molar-refractivity contribution is -0.142. The third-order valence-corrected chi connectivity index (χ3v) is 3.61. The molecule has 0 bridgehead atoms. The number of hydrogen-bond donors (Lipinski definition) is 2. The van der Waals surface area contributed by atoms with E-state index in [4.69, 9.17) is 4.74 Å². The highest BCUT2D eigenvalue weighted by Crippen LogP contribution is 2.08. The molecule has 2 N–H and O–H groups in total. The van der Waals surface area contributed by atoms with Gasteiger partial charge in [0.05, 0.1) is 36.2 Å². The summed E-state index contributed by atoms with van der Waals surface area (Å²) in [5.74, 6) is -0.412. The van der Waals surface area contributed by atoms with Crippen molar-refractivity contribution in [1.82, 2.24) is 20.1 Å². The molecule has 8 nitrogen and oxygen atoms in total. The van der Waals surface area contributed by atoms with Crippen LogP contribution in [0.4, 0.5) is 0 Å². The summed E-state index contributed by atoms with van der Waals surface area (Å²) < 4.78 is 6.38. The van der Waals surface area contributed by atoms with Crippen LogP contribution in [0.2, 0.25) is 0 Å². The molecule has 2 aromatic rings. The van der Waals surface area contributed by atoms with Crippen molar-refractivity contribution in [1.29, 1.82) is 0 Å². The van der Waals surface area contributed by atoms with E-state index in [0.29, 0.717) is 16.9 Å². The van der Waals surface area contributed by atoms with Crippen LogP contribution in [0.1, 0.15) is 18.2 Å². The number of esters is 1. The molecule has 0 saturated heterocycles. The molecule has 1 aliphatic heterocycles. The van der Waals surface area contributed by atoms with Gasteiger partial charge in [-0.15, -0.1) is 0 Å². The maximum atomic E-state index is 12.8. The minimum atomic E-state index is -0.412. The second-order valence-electron chi connectivity index (χ2n) is 5.38. The molecular weight excluding hydrogens is 334 g/mol. The number of carbonyl (C=O) groups is 1. The Morgan fingerprint density at radius 1 is 1.23 bits per heavy atom. The summed E-state index contributed by atoms with van der Waals surface area (Å²) in [4.78, 5) is 24.7. The molecule has 0 aliphatic carbocycles. The highest BCUT2D eigenvalue weighted by atomic mass is 16.5. The van der Waals surface area contributed by atoms with E-state index in [2.05, 4.69) is 15.5 Å². The summed E-state index contributed by atoms with van der Waals surface area (Å²) >= 11 is 0. The zero-order valence-corrected chi connectivity index (χ0v) is 14.3. The molecule has 3 rings (SSSR count). The van der Waals surface area contributed by atoms with Crippen molar-refractivity contribution in [3.8, 4) is 5.69 Å². The van der Waals surface area contributed by atoms with Gasteiger partial charge in [-0.3, -0.25) is 14.7 Å². The van der Waals surface area contributed by atoms with Crippen molar-refractivity contribution in [2.45, 2.75) is 13.3 Å². The lowest BCUT2D eigenvalue weighted by Crippen LogP contribution is -2.18. The number of nitrogens with one attached hydrogen (secondary N) is 2. The normalized spacial score (nSPS) is 13.2. The van der Waals surface area contributed by atoms with E-state index in [0.717, 1.165) is 0 Å². The van der Waals surface area contributed by atoms with Gasteiger partial charge < -0.3 is 10.1 Å². The Labute approximate surface area is 150 Å². The number of hydrogen-bond acceptors (Lipinski definition) is 6. The van der Waals surface area contributed by atoms with Crippen LogP contribution in [-0.2, 0) is 16.0 Å². The number of aromatic amines is 1. The first-order valence-corrected chi connectivity index (χ1v) is 8.15. The van der Waals surface area contributed by atoms with Crippen molar-refractivity contribution < 1.29 is 9.53 Å². The Bertz CT molecular complexity index is 897. The smallest absolute Gasteiger partial charge is 0.311 e. The van der Waals surface area contributed by atoms with E-state index in [-0.39, 0.29) is 18.6 Å². The summed E-state index contributed by atoms with van der Waals surface area (Å²) in [6, 6.07) is 9.13. The fourth-order valence-electron chi connectivity index (χ4n) is 2.42. The Kier molecular flexibility index (Phi) is 5.33. The van der Waals surface area contributed by atoms with Crippen LogP contribution < -0.4 is 10.9 Å². The maximum absolute atomic E-state index is 12.8. The van der Waals surface area contributed by atoms with Crippen molar-refractivity contribution in [3.63, 3.8) is 0 Å². The number of rotatable bonds is 6. The third-order valence-electron chi connectivity index (χ3n) is 3.61. The van der Waals surface area contributed by atoms with Gasteiger partial charge in [-0.05, 0) is 19.1 Å². The SMILES string of the molecule is CCOC(=O)Cc1[nH]n(-c2ccccc2)c(=O)c1/C=N/N1C=CNC=C1. The Morgan fingerprint density at radius 3 is 2.65 bits per heavy atom. The van der Waals surface area contributed by atoms with Gasteiger partial charge in [0.2, 0.25) is 0 Å². The van der Waals surface area contributed by atoms with E-state index in [1.165, 1.54) is 10.9 Å². The molecule has 8 heteroatoms. The van der Waals surface area contributed by atoms with Gasteiger partial charge in [0.15, 0.2) is 0 Å². The van der Waals surface area contributed by atoms with Crippen LogP contribution in [0.5, 0.6) is 0 Å². The van der Waals surface area contributed by atoms with Crippen LogP contribution in [0, 0.1) is 0 Å². The molecule has 1 aromatic heterocycles. The molecule has 26 heavy (non-hydrogen) atoms. The van der Waals surface area contributed by atoms with Gasteiger partial charge in [0, 0.05) is 24.8 Å². The highest BCUT2D eigenvalue weighted by Gasteiger charge is 2.17. The second kappa shape index (κ2) is 8.02. The number of H-pyrrole nitrogens is 1. The molecule has 1 aliphatic rings. The fraction of sp³-hybridized carbons (Fsp3) is 0.167. The molecule has 0 radical (unpaired) electrons. The number of ether oxygens (including phenoxy) is 1. The lowest BCUT2D eigenvalue weighted by Gasteiger charge is -2.10. The highest BCUT2D eigenvalue weighted by molar-refractivity contribution is 5.83. The summed E-state index contributed by atoms with van der Waals surface area (Å²) in [6.45, 7) is 2.02. The second-order valence-corrected chi connectivity index (χ2v) is 5.38. The van der Waals surface area contributed by atoms with Crippen molar-refractivity contribution >= 4 is 12.2 Å². The quantitative estimate of drug-likeness (QED) is 0.606. The third kappa shape index (κ3) is 3.92. The van der Waals surface area contributed by atoms with Crippen molar-refractivity contribution in [3.05, 3.63) is 76.7 Å². The first-order valence-electron chi connectivity index (χ1n) is 8.15. The van der Waals surface area contributed by atoms with Gasteiger partial charge in [0.25, 0.3) is 5.56 Å². The van der Waals surface area contributed by atoms with Crippen LogP contribution in [0.3, 0.4) is 0 Å². The number of carbonyl (C=O) groups excluding carboxylic acids is 1. The molecule has 134 valence electrons. The molecular formula is C18H19N5O3. The minimum absolute atomic E-state index is 0.0441. The monoisotopic (exact) mass is 353 g/mol. The Hall–Kier alpha value is -3.55. The van der Waals surface area contributed by atoms with Crippen LogP contribution in [-0.4, -0.2) is 33.6 Å². The van der Waals surface area contributed by atoms with Crippen molar-refractivity contribution in [2.75, 3.05) is 6.61 Å². The van der Waals surface area contributed by atoms with Gasteiger partial charge in [-0.25, -0.2) is 9.69 Å². The van der Waals surface area contributed by atoms with Gasteiger partial charge in [-0.2, -0.15) is 5.10 Å². The van der Waals surface area contributed by atoms with Gasteiger partial charge >= 0.3 is 5.97 Å². The fourth-order valence-corrected chi connectivity index (χ4v) is 2.42. The minimum Gasteiger partial charge on any atom is -0.466 e. The predicted molar refractivity (Wildman–Crippen MR) is 97.6 cm³/mol. The maximum Gasteiger partial charge on any atom is 0.311 e. The molecule has 0 fully saturated rings. The number of aromatic nitrogens is 2. The van der Waals surface area contributed by atoms with E-state index in [1.807, 2.05) is 18.2 Å². The lowest BCUT2D eigenvalue weighted by atomic mass is 10.2. The van der Waals surface area contributed by atoms with Crippen LogP contribution >= 0.6 is 0 Å². The zero-order chi connectivity index (χ0) is 18.4. The van der Waals surface area contributed by atoms with E-state index < -0.39 is 5.97 Å². The number of para-hydroxylation sites is 1. The summed E-state index contributed by atoms with van der Waals surface area (Å²) in [5.41, 5.74) is 1.14. The topological polar surface area (TPSA) is 91.7 Å². The summed E-state index contributed by atoms with van der Waals surface area (Å²) in [5, 5.41) is 11.7.